The quantitative estimate of drug-likeness (QED) is 0.260. The zero-order chi connectivity index (χ0) is 25.8. The highest BCUT2D eigenvalue weighted by atomic mass is 32.2. The Bertz CT molecular complexity index is 1520. The Balaban J connectivity index is 1.27. The Morgan fingerprint density at radius 3 is 2.51 bits per heavy atom. The minimum Gasteiger partial charge on any atom is -0.489 e. The van der Waals surface area contributed by atoms with Crippen LogP contribution in [0.5, 0.6) is 5.75 Å². The van der Waals surface area contributed by atoms with Crippen LogP contribution < -0.4 is 9.57 Å². The second kappa shape index (κ2) is 10.8. The molecular weight excluding hydrogens is 480 g/mol. The van der Waals surface area contributed by atoms with Crippen molar-refractivity contribution in [2.24, 2.45) is 5.10 Å². The summed E-state index contributed by atoms with van der Waals surface area (Å²) in [5.74, 6) is 1.17. The van der Waals surface area contributed by atoms with Gasteiger partial charge in [0.15, 0.2) is 0 Å². The summed E-state index contributed by atoms with van der Waals surface area (Å²) in [5.41, 5.74) is 3.90. The van der Waals surface area contributed by atoms with Crippen LogP contribution >= 0.6 is 0 Å². The molecule has 0 radical (unpaired) electrons. The van der Waals surface area contributed by atoms with E-state index in [-0.39, 0.29) is 11.0 Å². The molecule has 0 saturated carbocycles. The first-order valence-corrected chi connectivity index (χ1v) is 14.3. The van der Waals surface area contributed by atoms with Gasteiger partial charge in [-0.15, -0.1) is 0 Å². The normalized spacial score (nSPS) is 17.2. The van der Waals surface area contributed by atoms with E-state index in [2.05, 4.69) is 59.3 Å². The molecule has 4 aromatic carbocycles. The Kier molecular flexibility index (Phi) is 7.28. The van der Waals surface area contributed by atoms with Crippen molar-refractivity contribution in [2.75, 3.05) is 0 Å². The summed E-state index contributed by atoms with van der Waals surface area (Å²) in [5, 5.41) is 6.96. The molecule has 1 N–H and O–H groups in total. The summed E-state index contributed by atoms with van der Waals surface area (Å²) in [6, 6.07) is 29.5. The SMILES string of the molecule is Cc1ccc(S(=O)(=O)N/N=C2\C[C@H](CCC[C@H](C)c3cccc4ccccc34)Oc3ccccc32)cc1. The predicted octanol–water partition coefficient (Wildman–Crippen LogP) is 6.96. The third-order valence-corrected chi connectivity index (χ3v) is 8.29. The molecule has 0 spiro atoms. The second-order valence-electron chi connectivity index (χ2n) is 9.81. The summed E-state index contributed by atoms with van der Waals surface area (Å²) < 4.78 is 31.9. The van der Waals surface area contributed by atoms with Crippen molar-refractivity contribution >= 4 is 26.5 Å². The molecule has 0 aliphatic carbocycles. The van der Waals surface area contributed by atoms with Gasteiger partial charge >= 0.3 is 0 Å². The van der Waals surface area contributed by atoms with Crippen LogP contribution in [0.15, 0.2) is 101 Å². The van der Waals surface area contributed by atoms with E-state index in [1.165, 1.54) is 16.3 Å². The fourth-order valence-corrected chi connectivity index (χ4v) is 5.82. The molecule has 0 fully saturated rings. The maximum atomic E-state index is 12.8. The molecule has 5 rings (SSSR count). The van der Waals surface area contributed by atoms with E-state index < -0.39 is 10.0 Å². The number of nitrogens with zero attached hydrogens (tertiary/aromatic N) is 1. The van der Waals surface area contributed by atoms with Crippen molar-refractivity contribution in [3.05, 3.63) is 108 Å². The van der Waals surface area contributed by atoms with E-state index in [1.807, 2.05) is 31.2 Å². The van der Waals surface area contributed by atoms with Crippen LogP contribution in [0.25, 0.3) is 10.8 Å². The van der Waals surface area contributed by atoms with Crippen LogP contribution in [0.1, 0.15) is 55.2 Å². The van der Waals surface area contributed by atoms with Gasteiger partial charge in [-0.05, 0) is 72.7 Å². The van der Waals surface area contributed by atoms with Gasteiger partial charge in [0.05, 0.1) is 10.6 Å². The number of sulfonamides is 1. The third-order valence-electron chi connectivity index (χ3n) is 7.06. The molecule has 4 aromatic rings. The summed E-state index contributed by atoms with van der Waals surface area (Å²) in [6.45, 7) is 4.21. The monoisotopic (exact) mass is 512 g/mol. The average molecular weight is 513 g/mol. The lowest BCUT2D eigenvalue weighted by molar-refractivity contribution is 0.187. The van der Waals surface area contributed by atoms with Crippen LogP contribution in [0.2, 0.25) is 0 Å². The number of benzene rings is 4. The summed E-state index contributed by atoms with van der Waals surface area (Å²) in [7, 11) is -3.75. The lowest BCUT2D eigenvalue weighted by Gasteiger charge is -2.27. The van der Waals surface area contributed by atoms with Crippen LogP contribution in [0.4, 0.5) is 0 Å². The number of hydrogen-bond acceptors (Lipinski definition) is 4. The second-order valence-corrected chi connectivity index (χ2v) is 11.5. The van der Waals surface area contributed by atoms with Gasteiger partial charge in [-0.3, -0.25) is 0 Å². The highest BCUT2D eigenvalue weighted by Gasteiger charge is 2.26. The van der Waals surface area contributed by atoms with E-state index in [0.717, 1.165) is 36.1 Å². The minimum absolute atomic E-state index is 0.0581. The van der Waals surface area contributed by atoms with Gasteiger partial charge in [0, 0.05) is 12.0 Å². The van der Waals surface area contributed by atoms with Crippen molar-refractivity contribution in [3.63, 3.8) is 0 Å². The molecule has 5 nitrogen and oxygen atoms in total. The maximum Gasteiger partial charge on any atom is 0.276 e. The standard InChI is InChI=1S/C31H32N2O3S/c1-22-17-19-26(20-18-22)37(34,35)33-32-30-21-25(36-31-16-6-5-14-29(30)31)12-7-9-23(2)27-15-8-11-24-10-3-4-13-28(24)27/h3-6,8,10-11,13-20,23,25,33H,7,9,12,21H2,1-2H3/b32-30+/t23-,25-/m0/s1. The molecule has 0 unspecified atom stereocenters. The lowest BCUT2D eigenvalue weighted by atomic mass is 9.89. The first kappa shape index (κ1) is 25.0. The topological polar surface area (TPSA) is 67.8 Å². The van der Waals surface area contributed by atoms with Gasteiger partial charge in [-0.25, -0.2) is 0 Å². The molecule has 37 heavy (non-hydrogen) atoms. The number of hydrazone groups is 1. The fourth-order valence-electron chi connectivity index (χ4n) is 4.99. The van der Waals surface area contributed by atoms with Crippen LogP contribution in [-0.2, 0) is 10.0 Å². The average Bonchev–Trinajstić information content (AvgIpc) is 2.91. The number of ether oxygens (including phenoxy) is 1. The molecule has 2 atom stereocenters. The summed E-state index contributed by atoms with van der Waals surface area (Å²) in [6.07, 6.45) is 3.41. The predicted molar refractivity (Wildman–Crippen MR) is 150 cm³/mol. The molecule has 1 aliphatic rings. The number of aryl methyl sites for hydroxylation is 1. The van der Waals surface area contributed by atoms with E-state index in [9.17, 15) is 8.42 Å². The Labute approximate surface area is 219 Å². The van der Waals surface area contributed by atoms with Crippen molar-refractivity contribution in [1.82, 2.24) is 4.83 Å². The molecule has 0 saturated heterocycles. The van der Waals surface area contributed by atoms with Crippen LogP contribution in [-0.4, -0.2) is 20.2 Å². The number of nitrogens with one attached hydrogen (secondary N) is 1. The number of para-hydroxylation sites is 1. The fraction of sp³-hybridized carbons (Fsp3) is 0.258. The molecule has 0 amide bonds. The molecule has 1 aliphatic heterocycles. The zero-order valence-electron chi connectivity index (χ0n) is 21.2. The summed E-state index contributed by atoms with van der Waals surface area (Å²) in [4.78, 5) is 2.64. The van der Waals surface area contributed by atoms with Gasteiger partial charge in [-0.2, -0.15) is 18.4 Å². The van der Waals surface area contributed by atoms with Crippen molar-refractivity contribution in [2.45, 2.75) is 56.4 Å². The van der Waals surface area contributed by atoms with E-state index >= 15 is 0 Å². The van der Waals surface area contributed by atoms with E-state index in [1.54, 1.807) is 24.3 Å². The highest BCUT2D eigenvalue weighted by Crippen LogP contribution is 2.32. The number of fused-ring (bicyclic) bond motifs is 2. The first-order valence-electron chi connectivity index (χ1n) is 12.8. The van der Waals surface area contributed by atoms with E-state index in [4.69, 9.17) is 4.74 Å². The smallest absolute Gasteiger partial charge is 0.276 e. The Morgan fingerprint density at radius 2 is 1.68 bits per heavy atom. The van der Waals surface area contributed by atoms with Crippen molar-refractivity contribution in [1.29, 1.82) is 0 Å². The van der Waals surface area contributed by atoms with Gasteiger partial charge in [0.1, 0.15) is 11.9 Å². The highest BCUT2D eigenvalue weighted by molar-refractivity contribution is 7.89. The molecule has 0 aromatic heterocycles. The Morgan fingerprint density at radius 1 is 0.946 bits per heavy atom. The lowest BCUT2D eigenvalue weighted by Crippen LogP contribution is -2.30. The zero-order valence-corrected chi connectivity index (χ0v) is 22.0. The van der Waals surface area contributed by atoms with Gasteiger partial charge < -0.3 is 4.74 Å². The Hall–Kier alpha value is -3.64. The van der Waals surface area contributed by atoms with E-state index in [0.29, 0.717) is 18.1 Å². The van der Waals surface area contributed by atoms with Crippen LogP contribution in [0.3, 0.4) is 0 Å². The summed E-state index contributed by atoms with van der Waals surface area (Å²) >= 11 is 0. The van der Waals surface area contributed by atoms with Gasteiger partial charge in [0.25, 0.3) is 10.0 Å². The third kappa shape index (κ3) is 5.70. The maximum absolute atomic E-state index is 12.8. The number of hydrogen-bond donors (Lipinski definition) is 1. The van der Waals surface area contributed by atoms with Crippen LogP contribution in [0, 0.1) is 6.92 Å². The minimum atomic E-state index is -3.75. The van der Waals surface area contributed by atoms with Crippen molar-refractivity contribution in [3.8, 4) is 5.75 Å². The van der Waals surface area contributed by atoms with Gasteiger partial charge in [0.2, 0.25) is 0 Å². The number of rotatable bonds is 8. The largest absolute Gasteiger partial charge is 0.489 e. The molecule has 190 valence electrons. The molecule has 6 heteroatoms. The van der Waals surface area contributed by atoms with Crippen molar-refractivity contribution < 1.29 is 13.2 Å². The molecular formula is C31H32N2O3S. The first-order chi connectivity index (χ1) is 17.9. The van der Waals surface area contributed by atoms with Gasteiger partial charge in [-0.1, -0.05) is 79.2 Å². The molecule has 0 bridgehead atoms. The molecule has 1 heterocycles.